The van der Waals surface area contributed by atoms with Crippen LogP contribution in [-0.2, 0) is 13.5 Å². The summed E-state index contributed by atoms with van der Waals surface area (Å²) in [7, 11) is 1.99. The van der Waals surface area contributed by atoms with E-state index in [2.05, 4.69) is 53.5 Å². The molecule has 4 heteroatoms. The second kappa shape index (κ2) is 5.69. The first-order valence-electron chi connectivity index (χ1n) is 8.36. The van der Waals surface area contributed by atoms with Gasteiger partial charge >= 0.3 is 0 Å². The number of pyridine rings is 1. The van der Waals surface area contributed by atoms with E-state index in [1.54, 1.807) is 0 Å². The Bertz CT molecular complexity index is 836. The highest BCUT2D eigenvalue weighted by Crippen LogP contribution is 2.34. The fourth-order valence-electron chi connectivity index (χ4n) is 3.56. The largest absolute Gasteiger partial charge is 0.370 e. The maximum atomic E-state index is 4.77. The summed E-state index contributed by atoms with van der Waals surface area (Å²) in [6.45, 7) is 4.32. The molecule has 1 saturated heterocycles. The Kier molecular flexibility index (Phi) is 3.52. The molecule has 1 unspecified atom stereocenters. The summed E-state index contributed by atoms with van der Waals surface area (Å²) in [5.74, 6) is 0.570. The van der Waals surface area contributed by atoms with Crippen LogP contribution in [0.4, 0.5) is 5.69 Å². The van der Waals surface area contributed by atoms with Crippen LogP contribution in [0.2, 0.25) is 0 Å². The van der Waals surface area contributed by atoms with Crippen molar-refractivity contribution in [2.24, 2.45) is 7.05 Å². The molecule has 4 nitrogen and oxygen atoms in total. The molecule has 0 amide bonds. The van der Waals surface area contributed by atoms with Gasteiger partial charge in [0, 0.05) is 49.0 Å². The quantitative estimate of drug-likeness (QED) is 0.742. The Morgan fingerprint density at radius 1 is 1.26 bits per heavy atom. The number of aryl methyl sites for hydroxylation is 2. The molecular formula is C19H22N4. The maximum Gasteiger partial charge on any atom is 0.0726 e. The van der Waals surface area contributed by atoms with Crippen LogP contribution in [0, 0.1) is 0 Å². The molecule has 3 aromatic rings. The average molecular weight is 306 g/mol. The minimum Gasteiger partial charge on any atom is -0.370 e. The number of rotatable bonds is 3. The molecule has 0 aliphatic carbocycles. The van der Waals surface area contributed by atoms with E-state index in [-0.39, 0.29) is 0 Å². The Balaban J connectivity index is 1.69. The van der Waals surface area contributed by atoms with Gasteiger partial charge in [-0.2, -0.15) is 5.10 Å². The number of nitrogens with zero attached hydrogens (tertiary/aromatic N) is 4. The Morgan fingerprint density at radius 3 is 2.91 bits per heavy atom. The van der Waals surface area contributed by atoms with Crippen LogP contribution in [0.3, 0.4) is 0 Å². The van der Waals surface area contributed by atoms with Gasteiger partial charge in [-0.1, -0.05) is 25.1 Å². The van der Waals surface area contributed by atoms with Gasteiger partial charge in [0.2, 0.25) is 0 Å². The molecule has 1 aliphatic heterocycles. The number of hydrogen-bond donors (Lipinski definition) is 0. The lowest BCUT2D eigenvalue weighted by molar-refractivity contribution is 0.754. The highest BCUT2D eigenvalue weighted by atomic mass is 15.2. The third kappa shape index (κ3) is 2.58. The summed E-state index contributed by atoms with van der Waals surface area (Å²) in [5.41, 5.74) is 4.96. The minimum atomic E-state index is 0.570. The van der Waals surface area contributed by atoms with E-state index in [9.17, 15) is 0 Å². The highest BCUT2D eigenvalue weighted by molar-refractivity contribution is 5.92. The molecule has 0 saturated carbocycles. The van der Waals surface area contributed by atoms with E-state index in [1.165, 1.54) is 28.8 Å². The van der Waals surface area contributed by atoms with Crippen molar-refractivity contribution < 1.29 is 0 Å². The number of para-hydroxylation sites is 1. The summed E-state index contributed by atoms with van der Waals surface area (Å²) < 4.78 is 1.90. The van der Waals surface area contributed by atoms with E-state index < -0.39 is 0 Å². The van der Waals surface area contributed by atoms with Gasteiger partial charge in [0.15, 0.2) is 0 Å². The van der Waals surface area contributed by atoms with Crippen LogP contribution in [0.5, 0.6) is 0 Å². The third-order valence-corrected chi connectivity index (χ3v) is 4.83. The lowest BCUT2D eigenvalue weighted by atomic mass is 10.0. The maximum absolute atomic E-state index is 4.77. The predicted octanol–water partition coefficient (Wildman–Crippen LogP) is 3.52. The van der Waals surface area contributed by atoms with Gasteiger partial charge in [0.05, 0.1) is 11.7 Å². The van der Waals surface area contributed by atoms with Gasteiger partial charge < -0.3 is 4.90 Å². The Labute approximate surface area is 136 Å². The van der Waals surface area contributed by atoms with Crippen LogP contribution in [0.15, 0.2) is 42.7 Å². The van der Waals surface area contributed by atoms with Crippen molar-refractivity contribution in [2.45, 2.75) is 25.7 Å². The second-order valence-corrected chi connectivity index (χ2v) is 6.38. The summed E-state index contributed by atoms with van der Waals surface area (Å²) in [6.07, 6.45) is 6.31. The topological polar surface area (TPSA) is 34.0 Å². The van der Waals surface area contributed by atoms with E-state index in [0.29, 0.717) is 5.92 Å². The molecule has 3 heterocycles. The van der Waals surface area contributed by atoms with Crippen molar-refractivity contribution in [3.05, 3.63) is 54.0 Å². The Morgan fingerprint density at radius 2 is 2.13 bits per heavy atom. The van der Waals surface area contributed by atoms with Crippen LogP contribution in [-0.4, -0.2) is 27.9 Å². The smallest absolute Gasteiger partial charge is 0.0726 e. The molecule has 0 N–H and O–H groups in total. The van der Waals surface area contributed by atoms with Gasteiger partial charge in [0.1, 0.15) is 0 Å². The zero-order valence-corrected chi connectivity index (χ0v) is 13.7. The van der Waals surface area contributed by atoms with Crippen molar-refractivity contribution in [3.8, 4) is 0 Å². The fraction of sp³-hybridized carbons (Fsp3) is 0.368. The minimum absolute atomic E-state index is 0.570. The number of anilines is 1. The van der Waals surface area contributed by atoms with Gasteiger partial charge in [-0.25, -0.2) is 0 Å². The average Bonchev–Trinajstić information content (AvgIpc) is 3.22. The summed E-state index contributed by atoms with van der Waals surface area (Å²) in [4.78, 5) is 7.28. The number of benzene rings is 1. The van der Waals surface area contributed by atoms with Crippen LogP contribution in [0.1, 0.15) is 30.5 Å². The standard InChI is InChI=1S/C19H22N4/c1-3-16-10-19(17-6-4-5-7-18(17)21-16)23-9-8-14(13-23)15-11-20-22(2)12-15/h4-7,10-12,14H,3,8-9,13H2,1-2H3. The third-order valence-electron chi connectivity index (χ3n) is 4.83. The monoisotopic (exact) mass is 306 g/mol. The van der Waals surface area contributed by atoms with Crippen LogP contribution in [0.25, 0.3) is 10.9 Å². The molecule has 2 aromatic heterocycles. The summed E-state index contributed by atoms with van der Waals surface area (Å²) in [5, 5.41) is 5.59. The zero-order chi connectivity index (χ0) is 15.8. The van der Waals surface area contributed by atoms with E-state index in [0.717, 1.165) is 25.0 Å². The van der Waals surface area contributed by atoms with Crippen LogP contribution < -0.4 is 4.90 Å². The lowest BCUT2D eigenvalue weighted by Gasteiger charge is -2.21. The predicted molar refractivity (Wildman–Crippen MR) is 93.9 cm³/mol. The summed E-state index contributed by atoms with van der Waals surface area (Å²) >= 11 is 0. The molecule has 0 bridgehead atoms. The number of aromatic nitrogens is 3. The second-order valence-electron chi connectivity index (χ2n) is 6.38. The van der Waals surface area contributed by atoms with Gasteiger partial charge in [-0.05, 0) is 30.5 Å². The molecule has 1 fully saturated rings. The lowest BCUT2D eigenvalue weighted by Crippen LogP contribution is -2.20. The molecule has 118 valence electrons. The number of fused-ring (bicyclic) bond motifs is 1. The van der Waals surface area contributed by atoms with E-state index in [1.807, 2.05) is 17.9 Å². The first kappa shape index (κ1) is 14.2. The fourth-order valence-corrected chi connectivity index (χ4v) is 3.56. The van der Waals surface area contributed by atoms with Crippen molar-refractivity contribution in [1.82, 2.24) is 14.8 Å². The molecule has 4 rings (SSSR count). The Hall–Kier alpha value is -2.36. The molecule has 23 heavy (non-hydrogen) atoms. The molecule has 1 aromatic carbocycles. The van der Waals surface area contributed by atoms with Crippen molar-refractivity contribution in [1.29, 1.82) is 0 Å². The van der Waals surface area contributed by atoms with E-state index in [4.69, 9.17) is 4.98 Å². The highest BCUT2D eigenvalue weighted by Gasteiger charge is 2.26. The van der Waals surface area contributed by atoms with Gasteiger partial charge in [-0.3, -0.25) is 9.67 Å². The van der Waals surface area contributed by atoms with Crippen molar-refractivity contribution in [3.63, 3.8) is 0 Å². The molecule has 1 aliphatic rings. The molecular weight excluding hydrogens is 284 g/mol. The molecule has 1 atom stereocenters. The normalized spacial score (nSPS) is 18.0. The van der Waals surface area contributed by atoms with Crippen molar-refractivity contribution >= 4 is 16.6 Å². The van der Waals surface area contributed by atoms with Gasteiger partial charge in [-0.15, -0.1) is 0 Å². The van der Waals surface area contributed by atoms with E-state index >= 15 is 0 Å². The summed E-state index contributed by atoms with van der Waals surface area (Å²) in [6, 6.07) is 10.8. The molecule has 0 radical (unpaired) electrons. The number of hydrogen-bond acceptors (Lipinski definition) is 3. The first-order chi connectivity index (χ1) is 11.2. The molecule has 0 spiro atoms. The SMILES string of the molecule is CCc1cc(N2CCC(c3cnn(C)c3)C2)c2ccccc2n1. The van der Waals surface area contributed by atoms with Crippen LogP contribution >= 0.6 is 0 Å². The first-order valence-corrected chi connectivity index (χ1v) is 8.36. The zero-order valence-electron chi connectivity index (χ0n) is 13.7. The van der Waals surface area contributed by atoms with Gasteiger partial charge in [0.25, 0.3) is 0 Å². The van der Waals surface area contributed by atoms with Crippen molar-refractivity contribution in [2.75, 3.05) is 18.0 Å².